The fourth-order valence-electron chi connectivity index (χ4n) is 4.35. The number of carbonyl (C=O) groups is 1. The standard InChI is InChI=1S/C27H31N5O2S/c1-17(2)34-24-12-11-18(15-19(24)16-28)26-30-31-27(35-26)22-9-5-8-21-20(22)7-6-10-23(21)29-25(33)13-14-32(3)4/h5,8-9,11-12,15,17,23H,6-7,10,13-14H2,1-4H3,(H,29,33)/t23-/m0/s1. The van der Waals surface area contributed by atoms with Crippen molar-refractivity contribution in [1.82, 2.24) is 20.4 Å². The molecule has 1 atom stereocenters. The first-order chi connectivity index (χ1) is 16.9. The Morgan fingerprint density at radius 1 is 1.26 bits per heavy atom. The van der Waals surface area contributed by atoms with Crippen LogP contribution in [0.2, 0.25) is 0 Å². The molecule has 1 aliphatic carbocycles. The second kappa shape index (κ2) is 11.0. The number of nitrogens with zero attached hydrogens (tertiary/aromatic N) is 4. The number of amides is 1. The Bertz CT molecular complexity index is 1240. The van der Waals surface area contributed by atoms with Crippen molar-refractivity contribution in [2.24, 2.45) is 0 Å². The molecule has 1 aromatic heterocycles. The minimum absolute atomic E-state index is 0.00747. The molecule has 0 fully saturated rings. The van der Waals surface area contributed by atoms with Gasteiger partial charge in [0.25, 0.3) is 0 Å². The molecule has 1 aliphatic rings. The molecule has 0 spiro atoms. The average molecular weight is 490 g/mol. The van der Waals surface area contributed by atoms with Gasteiger partial charge in [-0.25, -0.2) is 0 Å². The van der Waals surface area contributed by atoms with Gasteiger partial charge in [-0.2, -0.15) is 5.26 Å². The van der Waals surface area contributed by atoms with Crippen LogP contribution >= 0.6 is 11.3 Å². The van der Waals surface area contributed by atoms with Crippen LogP contribution in [-0.2, 0) is 11.2 Å². The third-order valence-electron chi connectivity index (χ3n) is 5.99. The van der Waals surface area contributed by atoms with Gasteiger partial charge in [0.2, 0.25) is 5.91 Å². The van der Waals surface area contributed by atoms with Crippen LogP contribution in [0, 0.1) is 11.3 Å². The van der Waals surface area contributed by atoms with Crippen molar-refractivity contribution in [2.75, 3.05) is 20.6 Å². The Morgan fingerprint density at radius 2 is 2.06 bits per heavy atom. The van der Waals surface area contributed by atoms with Gasteiger partial charge in [-0.05, 0) is 76.5 Å². The van der Waals surface area contributed by atoms with Gasteiger partial charge in [0.15, 0.2) is 0 Å². The van der Waals surface area contributed by atoms with Crippen LogP contribution in [0.5, 0.6) is 5.75 Å². The quantitative estimate of drug-likeness (QED) is 0.480. The topological polar surface area (TPSA) is 91.1 Å². The van der Waals surface area contributed by atoms with E-state index < -0.39 is 0 Å². The maximum atomic E-state index is 12.5. The van der Waals surface area contributed by atoms with Gasteiger partial charge < -0.3 is 15.0 Å². The smallest absolute Gasteiger partial charge is 0.221 e. The van der Waals surface area contributed by atoms with Gasteiger partial charge in [0.1, 0.15) is 21.8 Å². The van der Waals surface area contributed by atoms with Crippen LogP contribution in [0.4, 0.5) is 0 Å². The highest BCUT2D eigenvalue weighted by Crippen LogP contribution is 2.39. The molecular formula is C27H31N5O2S. The van der Waals surface area contributed by atoms with E-state index in [9.17, 15) is 10.1 Å². The zero-order valence-corrected chi connectivity index (χ0v) is 21.5. The summed E-state index contributed by atoms with van der Waals surface area (Å²) >= 11 is 1.51. The minimum atomic E-state index is -0.00747. The summed E-state index contributed by atoms with van der Waals surface area (Å²) in [4.78, 5) is 14.5. The van der Waals surface area contributed by atoms with E-state index in [2.05, 4.69) is 33.7 Å². The van der Waals surface area contributed by atoms with E-state index in [1.807, 2.05) is 57.1 Å². The van der Waals surface area contributed by atoms with E-state index in [1.54, 1.807) is 0 Å². The number of nitrogens with one attached hydrogen (secondary N) is 1. The molecule has 0 radical (unpaired) electrons. The minimum Gasteiger partial charge on any atom is -0.490 e. The number of ether oxygens (including phenoxy) is 1. The zero-order chi connectivity index (χ0) is 24.9. The Balaban J connectivity index is 1.59. The van der Waals surface area contributed by atoms with Gasteiger partial charge in [0.05, 0.1) is 17.7 Å². The van der Waals surface area contributed by atoms with Crippen LogP contribution in [0.3, 0.4) is 0 Å². The highest BCUT2D eigenvalue weighted by Gasteiger charge is 2.25. The second-order valence-electron chi connectivity index (χ2n) is 9.34. The van der Waals surface area contributed by atoms with Crippen LogP contribution in [-0.4, -0.2) is 47.7 Å². The summed E-state index contributed by atoms with van der Waals surface area (Å²) < 4.78 is 5.74. The fourth-order valence-corrected chi connectivity index (χ4v) is 5.24. The molecule has 8 heteroatoms. The molecule has 35 heavy (non-hydrogen) atoms. The lowest BCUT2D eigenvalue weighted by atomic mass is 9.85. The van der Waals surface area contributed by atoms with Gasteiger partial charge in [-0.1, -0.05) is 29.5 Å². The number of hydrogen-bond acceptors (Lipinski definition) is 7. The van der Waals surface area contributed by atoms with Crippen molar-refractivity contribution in [2.45, 2.75) is 51.7 Å². The maximum absolute atomic E-state index is 12.5. The lowest BCUT2D eigenvalue weighted by molar-refractivity contribution is -0.122. The number of aromatic nitrogens is 2. The van der Waals surface area contributed by atoms with E-state index in [0.29, 0.717) is 17.7 Å². The molecule has 0 saturated heterocycles. The summed E-state index contributed by atoms with van der Waals surface area (Å²) in [6, 6.07) is 14.0. The Kier molecular flexibility index (Phi) is 7.79. The third kappa shape index (κ3) is 5.87. The molecule has 0 bridgehead atoms. The fraction of sp³-hybridized carbons (Fsp3) is 0.407. The first kappa shape index (κ1) is 24.8. The normalized spacial score (nSPS) is 15.1. The van der Waals surface area contributed by atoms with Gasteiger partial charge in [-0.3, -0.25) is 4.79 Å². The SMILES string of the molecule is CC(C)Oc1ccc(-c2nnc(-c3cccc4c3CCC[C@@H]4NC(=O)CCN(C)C)s2)cc1C#N. The number of benzene rings is 2. The van der Waals surface area contributed by atoms with Crippen molar-refractivity contribution < 1.29 is 9.53 Å². The first-order valence-electron chi connectivity index (χ1n) is 12.0. The molecule has 4 rings (SSSR count). The Morgan fingerprint density at radius 3 is 2.80 bits per heavy atom. The first-order valence-corrected chi connectivity index (χ1v) is 12.8. The summed E-state index contributed by atoms with van der Waals surface area (Å²) in [6.45, 7) is 4.61. The molecular weight excluding hydrogens is 458 g/mol. The highest BCUT2D eigenvalue weighted by molar-refractivity contribution is 7.17. The molecule has 2 aromatic carbocycles. The summed E-state index contributed by atoms with van der Waals surface area (Å²) in [5, 5.41) is 23.3. The predicted octanol–water partition coefficient (Wildman–Crippen LogP) is 4.98. The van der Waals surface area contributed by atoms with Crippen molar-refractivity contribution in [3.05, 3.63) is 53.1 Å². The lowest BCUT2D eigenvalue weighted by Crippen LogP contribution is -2.33. The average Bonchev–Trinajstić information content (AvgIpc) is 3.32. The van der Waals surface area contributed by atoms with Crippen LogP contribution in [0.25, 0.3) is 21.1 Å². The Labute approximate surface area is 210 Å². The van der Waals surface area contributed by atoms with Gasteiger partial charge >= 0.3 is 0 Å². The summed E-state index contributed by atoms with van der Waals surface area (Å²) in [5.74, 6) is 0.658. The third-order valence-corrected chi connectivity index (χ3v) is 7.00. The molecule has 182 valence electrons. The molecule has 1 N–H and O–H groups in total. The molecule has 1 heterocycles. The maximum Gasteiger partial charge on any atom is 0.221 e. The lowest BCUT2D eigenvalue weighted by Gasteiger charge is -2.28. The number of hydrogen-bond donors (Lipinski definition) is 1. The summed E-state index contributed by atoms with van der Waals surface area (Å²) in [5.41, 5.74) is 4.80. The van der Waals surface area contributed by atoms with Crippen molar-refractivity contribution in [3.8, 4) is 33.0 Å². The Hall–Kier alpha value is -3.28. The van der Waals surface area contributed by atoms with E-state index >= 15 is 0 Å². The van der Waals surface area contributed by atoms with Crippen LogP contribution < -0.4 is 10.1 Å². The van der Waals surface area contributed by atoms with Gasteiger partial charge in [0, 0.05) is 24.1 Å². The van der Waals surface area contributed by atoms with Crippen LogP contribution in [0.15, 0.2) is 36.4 Å². The van der Waals surface area contributed by atoms with E-state index in [1.165, 1.54) is 22.5 Å². The van der Waals surface area contributed by atoms with E-state index in [0.717, 1.165) is 46.9 Å². The molecule has 0 saturated carbocycles. The molecule has 1 amide bonds. The molecule has 0 aliphatic heterocycles. The number of fused-ring (bicyclic) bond motifs is 1. The monoisotopic (exact) mass is 489 g/mol. The number of nitriles is 1. The zero-order valence-electron chi connectivity index (χ0n) is 20.7. The number of rotatable bonds is 8. The molecule has 0 unspecified atom stereocenters. The van der Waals surface area contributed by atoms with E-state index in [-0.39, 0.29) is 18.1 Å². The predicted molar refractivity (Wildman–Crippen MR) is 138 cm³/mol. The molecule has 3 aromatic rings. The second-order valence-corrected chi connectivity index (χ2v) is 10.3. The highest BCUT2D eigenvalue weighted by atomic mass is 32.1. The summed E-state index contributed by atoms with van der Waals surface area (Å²) in [6.07, 6.45) is 3.38. The number of carbonyl (C=O) groups excluding carboxylic acids is 1. The summed E-state index contributed by atoms with van der Waals surface area (Å²) in [7, 11) is 3.95. The van der Waals surface area contributed by atoms with Crippen molar-refractivity contribution >= 4 is 17.2 Å². The van der Waals surface area contributed by atoms with Crippen molar-refractivity contribution in [1.29, 1.82) is 5.26 Å². The van der Waals surface area contributed by atoms with Crippen molar-refractivity contribution in [3.63, 3.8) is 0 Å². The van der Waals surface area contributed by atoms with E-state index in [4.69, 9.17) is 4.74 Å². The largest absolute Gasteiger partial charge is 0.490 e. The molecule has 7 nitrogen and oxygen atoms in total. The van der Waals surface area contributed by atoms with Crippen LogP contribution in [0.1, 0.15) is 55.8 Å². The van der Waals surface area contributed by atoms with Gasteiger partial charge in [-0.15, -0.1) is 10.2 Å².